The van der Waals surface area contributed by atoms with Crippen LogP contribution >= 0.6 is 0 Å². The smallest absolute Gasteiger partial charge is 0.161 e. The van der Waals surface area contributed by atoms with Crippen LogP contribution in [0.2, 0.25) is 0 Å². The van der Waals surface area contributed by atoms with Crippen molar-refractivity contribution in [3.8, 4) is 11.5 Å². The van der Waals surface area contributed by atoms with E-state index < -0.39 is 0 Å². The van der Waals surface area contributed by atoms with Gasteiger partial charge >= 0.3 is 0 Å². The van der Waals surface area contributed by atoms with Gasteiger partial charge in [-0.3, -0.25) is 4.90 Å². The Bertz CT molecular complexity index is 731. The summed E-state index contributed by atoms with van der Waals surface area (Å²) >= 11 is 0. The summed E-state index contributed by atoms with van der Waals surface area (Å²) in [6.07, 6.45) is 0.917. The molecule has 4 nitrogen and oxygen atoms in total. The van der Waals surface area contributed by atoms with E-state index in [1.807, 2.05) is 25.1 Å². The van der Waals surface area contributed by atoms with Crippen LogP contribution < -0.4 is 15.2 Å². The van der Waals surface area contributed by atoms with Gasteiger partial charge in [-0.2, -0.15) is 0 Å². The minimum absolute atomic E-state index is 0.0439. The molecule has 0 bridgehead atoms. The van der Waals surface area contributed by atoms with Crippen molar-refractivity contribution in [2.45, 2.75) is 32.0 Å². The van der Waals surface area contributed by atoms with Crippen LogP contribution in [0.25, 0.3) is 0 Å². The second kappa shape index (κ2) is 7.42. The molecule has 3 rings (SSSR count). The molecule has 2 atom stereocenters. The van der Waals surface area contributed by atoms with Crippen molar-refractivity contribution >= 4 is 0 Å². The number of rotatable bonds is 5. The van der Waals surface area contributed by atoms with Crippen LogP contribution in [0.15, 0.2) is 36.4 Å². The van der Waals surface area contributed by atoms with E-state index in [4.69, 9.17) is 15.2 Å². The number of ether oxygens (including phenoxy) is 2. The maximum Gasteiger partial charge on any atom is 0.161 e. The molecule has 0 spiro atoms. The molecule has 5 heteroatoms. The molecule has 134 valence electrons. The van der Waals surface area contributed by atoms with Gasteiger partial charge in [0, 0.05) is 19.1 Å². The number of hydrogen-bond acceptors (Lipinski definition) is 4. The maximum absolute atomic E-state index is 13.2. The number of hydrogen-bond donors (Lipinski definition) is 1. The van der Waals surface area contributed by atoms with Gasteiger partial charge in [0.1, 0.15) is 5.82 Å². The summed E-state index contributed by atoms with van der Waals surface area (Å²) in [5, 5.41) is 0. The zero-order chi connectivity index (χ0) is 18.0. The van der Waals surface area contributed by atoms with E-state index in [1.165, 1.54) is 23.3 Å². The minimum Gasteiger partial charge on any atom is -0.493 e. The largest absolute Gasteiger partial charge is 0.493 e. The van der Waals surface area contributed by atoms with Gasteiger partial charge in [0.25, 0.3) is 0 Å². The molecule has 0 amide bonds. The second-order valence-electron chi connectivity index (χ2n) is 6.56. The minimum atomic E-state index is -0.215. The Labute approximate surface area is 148 Å². The van der Waals surface area contributed by atoms with Crippen LogP contribution in [0.3, 0.4) is 0 Å². The fourth-order valence-electron chi connectivity index (χ4n) is 3.65. The molecule has 25 heavy (non-hydrogen) atoms. The molecule has 1 aliphatic heterocycles. The van der Waals surface area contributed by atoms with Gasteiger partial charge in [-0.25, -0.2) is 4.39 Å². The van der Waals surface area contributed by atoms with Crippen molar-refractivity contribution in [3.63, 3.8) is 0 Å². The molecule has 2 N–H and O–H groups in total. The molecule has 2 aromatic rings. The highest BCUT2D eigenvalue weighted by Gasteiger charge is 2.31. The Kier molecular flexibility index (Phi) is 5.25. The first-order valence-electron chi connectivity index (χ1n) is 8.52. The van der Waals surface area contributed by atoms with E-state index in [1.54, 1.807) is 14.2 Å². The zero-order valence-electron chi connectivity index (χ0n) is 15.0. The molecule has 1 heterocycles. The van der Waals surface area contributed by atoms with Gasteiger partial charge in [-0.1, -0.05) is 12.1 Å². The molecule has 0 aromatic heterocycles. The predicted octanol–water partition coefficient (Wildman–Crippen LogP) is 3.29. The van der Waals surface area contributed by atoms with Gasteiger partial charge in [-0.05, 0) is 54.3 Å². The SMILES string of the molecule is COc1cc2c(cc1OC)[C@@H]([C@H](C)N)N(Cc1ccc(F)cc1)CC2. The van der Waals surface area contributed by atoms with E-state index in [2.05, 4.69) is 11.0 Å². The number of nitrogens with two attached hydrogens (primary N) is 1. The molecule has 0 fully saturated rings. The zero-order valence-corrected chi connectivity index (χ0v) is 15.0. The lowest BCUT2D eigenvalue weighted by molar-refractivity contribution is 0.155. The van der Waals surface area contributed by atoms with Crippen molar-refractivity contribution in [3.05, 3.63) is 58.9 Å². The molecular formula is C20H25FN2O2. The van der Waals surface area contributed by atoms with Gasteiger partial charge in [-0.15, -0.1) is 0 Å². The van der Waals surface area contributed by atoms with E-state index >= 15 is 0 Å². The fraction of sp³-hybridized carbons (Fsp3) is 0.400. The summed E-state index contributed by atoms with van der Waals surface area (Å²) in [6.45, 7) is 3.65. The normalized spacial score (nSPS) is 18.5. The van der Waals surface area contributed by atoms with Crippen LogP contribution in [0.1, 0.15) is 29.7 Å². The summed E-state index contributed by atoms with van der Waals surface area (Å²) in [5.74, 6) is 1.25. The summed E-state index contributed by atoms with van der Waals surface area (Å²) in [5.41, 5.74) is 9.85. The number of nitrogens with zero attached hydrogens (tertiary/aromatic N) is 1. The summed E-state index contributed by atoms with van der Waals surface area (Å²) in [6, 6.07) is 10.8. The number of benzene rings is 2. The lowest BCUT2D eigenvalue weighted by Crippen LogP contribution is -2.43. The van der Waals surface area contributed by atoms with Crippen LogP contribution in [0, 0.1) is 5.82 Å². The highest BCUT2D eigenvalue weighted by atomic mass is 19.1. The average molecular weight is 344 g/mol. The average Bonchev–Trinajstić information content (AvgIpc) is 2.61. The van der Waals surface area contributed by atoms with Gasteiger partial charge < -0.3 is 15.2 Å². The Morgan fingerprint density at radius 2 is 1.80 bits per heavy atom. The standard InChI is InChI=1S/C20H25FN2O2/c1-13(22)20-17-11-19(25-3)18(24-2)10-15(17)8-9-23(20)12-14-4-6-16(21)7-5-14/h4-7,10-11,13,20H,8-9,12,22H2,1-3H3/t13-,20+/m0/s1. The van der Waals surface area contributed by atoms with Crippen LogP contribution in [0.4, 0.5) is 4.39 Å². The van der Waals surface area contributed by atoms with Crippen molar-refractivity contribution in [1.29, 1.82) is 0 Å². The van der Waals surface area contributed by atoms with Crippen LogP contribution in [-0.4, -0.2) is 31.7 Å². The highest BCUT2D eigenvalue weighted by Crippen LogP contribution is 2.39. The first-order valence-corrected chi connectivity index (χ1v) is 8.52. The number of methoxy groups -OCH3 is 2. The number of fused-ring (bicyclic) bond motifs is 1. The Morgan fingerprint density at radius 3 is 2.40 bits per heavy atom. The Hall–Kier alpha value is -2.11. The van der Waals surface area contributed by atoms with Crippen molar-refractivity contribution in [2.75, 3.05) is 20.8 Å². The molecule has 0 unspecified atom stereocenters. The van der Waals surface area contributed by atoms with E-state index in [0.29, 0.717) is 0 Å². The summed E-state index contributed by atoms with van der Waals surface area (Å²) in [7, 11) is 3.29. The fourth-order valence-corrected chi connectivity index (χ4v) is 3.65. The summed E-state index contributed by atoms with van der Waals surface area (Å²) < 4.78 is 24.1. The van der Waals surface area contributed by atoms with E-state index in [0.717, 1.165) is 36.6 Å². The Balaban J connectivity index is 1.94. The topological polar surface area (TPSA) is 47.7 Å². The molecule has 0 saturated heterocycles. The van der Waals surface area contributed by atoms with Gasteiger partial charge in [0.05, 0.1) is 20.3 Å². The Morgan fingerprint density at radius 1 is 1.16 bits per heavy atom. The summed E-state index contributed by atoms with van der Waals surface area (Å²) in [4.78, 5) is 2.35. The maximum atomic E-state index is 13.2. The van der Waals surface area contributed by atoms with Crippen molar-refractivity contribution < 1.29 is 13.9 Å². The van der Waals surface area contributed by atoms with E-state index in [-0.39, 0.29) is 17.9 Å². The van der Waals surface area contributed by atoms with Crippen molar-refractivity contribution in [1.82, 2.24) is 4.90 Å². The quantitative estimate of drug-likeness (QED) is 0.904. The molecule has 1 aliphatic rings. The number of halogens is 1. The van der Waals surface area contributed by atoms with Crippen molar-refractivity contribution in [2.24, 2.45) is 5.73 Å². The third-order valence-corrected chi connectivity index (χ3v) is 4.82. The first-order chi connectivity index (χ1) is 12.0. The molecule has 0 saturated carbocycles. The van der Waals surface area contributed by atoms with E-state index in [9.17, 15) is 4.39 Å². The lowest BCUT2D eigenvalue weighted by atomic mass is 9.88. The van der Waals surface area contributed by atoms with Gasteiger partial charge in [0.2, 0.25) is 0 Å². The lowest BCUT2D eigenvalue weighted by Gasteiger charge is -2.40. The molecule has 0 aliphatic carbocycles. The predicted molar refractivity (Wildman–Crippen MR) is 96.5 cm³/mol. The third kappa shape index (κ3) is 3.62. The monoisotopic (exact) mass is 344 g/mol. The first kappa shape index (κ1) is 17.7. The van der Waals surface area contributed by atoms with Crippen LogP contribution in [0.5, 0.6) is 11.5 Å². The van der Waals surface area contributed by atoms with Gasteiger partial charge in [0.15, 0.2) is 11.5 Å². The van der Waals surface area contributed by atoms with Crippen LogP contribution in [-0.2, 0) is 13.0 Å². The highest BCUT2D eigenvalue weighted by molar-refractivity contribution is 5.49. The molecular weight excluding hydrogens is 319 g/mol. The molecule has 0 radical (unpaired) electrons. The molecule has 2 aromatic carbocycles. The third-order valence-electron chi connectivity index (χ3n) is 4.82. The second-order valence-corrected chi connectivity index (χ2v) is 6.56.